The molecule has 0 aliphatic heterocycles. The van der Waals surface area contributed by atoms with E-state index in [0.29, 0.717) is 12.2 Å². The van der Waals surface area contributed by atoms with Crippen molar-refractivity contribution in [3.63, 3.8) is 0 Å². The smallest absolute Gasteiger partial charge is 0.201 e. The number of aryl methyl sites for hydroxylation is 1. The minimum absolute atomic E-state index is 0.00403. The summed E-state index contributed by atoms with van der Waals surface area (Å²) in [5.74, 6) is 0.486. The Kier molecular flexibility index (Phi) is 3.06. The Bertz CT molecular complexity index is 329. The number of carbonyl (C=O) groups excluding carboxylic acids is 1. The predicted octanol–water partition coefficient (Wildman–Crippen LogP) is 1.42. The van der Waals surface area contributed by atoms with Crippen LogP contribution in [0.4, 0.5) is 0 Å². The van der Waals surface area contributed by atoms with Gasteiger partial charge in [-0.3, -0.25) is 4.79 Å². The molecule has 0 amide bonds. The van der Waals surface area contributed by atoms with Crippen LogP contribution in [0.25, 0.3) is 0 Å². The molecule has 0 aliphatic rings. The first-order chi connectivity index (χ1) is 6.46. The molecule has 0 saturated heterocycles. The molecule has 0 bridgehead atoms. The van der Waals surface area contributed by atoms with E-state index in [1.807, 2.05) is 13.8 Å². The third kappa shape index (κ3) is 2.42. The zero-order valence-electron chi connectivity index (χ0n) is 9.07. The highest BCUT2D eigenvalue weighted by atomic mass is 16.5. The lowest BCUT2D eigenvalue weighted by molar-refractivity contribution is 0.0168. The molecule has 1 aromatic rings. The fourth-order valence-electron chi connectivity index (χ4n) is 1.17. The van der Waals surface area contributed by atoms with Crippen molar-refractivity contribution in [2.45, 2.75) is 25.9 Å². The second kappa shape index (κ2) is 3.92. The summed E-state index contributed by atoms with van der Waals surface area (Å²) in [7, 11) is 3.41. The van der Waals surface area contributed by atoms with Crippen molar-refractivity contribution in [2.75, 3.05) is 7.11 Å². The van der Waals surface area contributed by atoms with Crippen LogP contribution in [0.1, 0.15) is 30.9 Å². The van der Waals surface area contributed by atoms with E-state index >= 15 is 0 Å². The maximum atomic E-state index is 11.7. The van der Waals surface area contributed by atoms with Crippen molar-refractivity contribution in [3.05, 3.63) is 18.2 Å². The molecule has 1 heterocycles. The summed E-state index contributed by atoms with van der Waals surface area (Å²) < 4.78 is 6.90. The van der Waals surface area contributed by atoms with E-state index in [-0.39, 0.29) is 5.78 Å². The highest BCUT2D eigenvalue weighted by molar-refractivity contribution is 5.93. The van der Waals surface area contributed by atoms with Gasteiger partial charge in [0.05, 0.1) is 5.60 Å². The average Bonchev–Trinajstić information content (AvgIpc) is 2.51. The van der Waals surface area contributed by atoms with Gasteiger partial charge in [0, 0.05) is 33.0 Å². The number of rotatable bonds is 4. The first-order valence-corrected chi connectivity index (χ1v) is 4.52. The molecular weight excluding hydrogens is 180 g/mol. The standard InChI is InChI=1S/C10H16N2O2/c1-10(2,14-4)7-8(13)9-11-5-6-12(9)3/h5-6H,7H2,1-4H3. The van der Waals surface area contributed by atoms with Gasteiger partial charge in [0.25, 0.3) is 0 Å². The molecule has 0 unspecified atom stereocenters. The second-order valence-corrected chi connectivity index (χ2v) is 3.93. The Labute approximate surface area is 83.9 Å². The fraction of sp³-hybridized carbons (Fsp3) is 0.600. The summed E-state index contributed by atoms with van der Waals surface area (Å²) in [5.41, 5.74) is -0.428. The Morgan fingerprint density at radius 1 is 1.64 bits per heavy atom. The van der Waals surface area contributed by atoms with E-state index in [9.17, 15) is 4.79 Å². The molecule has 1 rings (SSSR count). The number of Topliss-reactive ketones (excluding diaryl/α,β-unsaturated/α-hetero) is 1. The number of ether oxygens (including phenoxy) is 1. The van der Waals surface area contributed by atoms with Crippen molar-refractivity contribution < 1.29 is 9.53 Å². The Morgan fingerprint density at radius 3 is 2.71 bits per heavy atom. The Balaban J connectivity index is 2.73. The molecule has 0 atom stereocenters. The zero-order chi connectivity index (χ0) is 10.8. The van der Waals surface area contributed by atoms with Crippen molar-refractivity contribution in [1.82, 2.24) is 9.55 Å². The lowest BCUT2D eigenvalue weighted by Crippen LogP contribution is -2.27. The quantitative estimate of drug-likeness (QED) is 0.684. The van der Waals surface area contributed by atoms with Gasteiger partial charge in [-0.15, -0.1) is 0 Å². The van der Waals surface area contributed by atoms with E-state index in [2.05, 4.69) is 4.98 Å². The number of hydrogen-bond acceptors (Lipinski definition) is 3. The van der Waals surface area contributed by atoms with Gasteiger partial charge < -0.3 is 9.30 Å². The fourth-order valence-corrected chi connectivity index (χ4v) is 1.17. The van der Waals surface area contributed by atoms with Gasteiger partial charge in [-0.1, -0.05) is 0 Å². The summed E-state index contributed by atoms with van der Waals surface area (Å²) in [6, 6.07) is 0. The first kappa shape index (κ1) is 10.9. The number of carbonyl (C=O) groups is 1. The molecule has 1 aromatic heterocycles. The molecule has 4 nitrogen and oxygen atoms in total. The summed E-state index contributed by atoms with van der Waals surface area (Å²) in [6.07, 6.45) is 3.72. The monoisotopic (exact) mass is 196 g/mol. The van der Waals surface area contributed by atoms with Crippen LogP contribution >= 0.6 is 0 Å². The van der Waals surface area contributed by atoms with Gasteiger partial charge in [0.2, 0.25) is 5.78 Å². The minimum Gasteiger partial charge on any atom is -0.378 e. The van der Waals surface area contributed by atoms with E-state index in [1.54, 1.807) is 31.1 Å². The van der Waals surface area contributed by atoms with Gasteiger partial charge in [-0.2, -0.15) is 0 Å². The Morgan fingerprint density at radius 2 is 2.29 bits per heavy atom. The topological polar surface area (TPSA) is 44.1 Å². The number of hydrogen-bond donors (Lipinski definition) is 0. The third-order valence-corrected chi connectivity index (χ3v) is 2.21. The van der Waals surface area contributed by atoms with E-state index in [4.69, 9.17) is 4.74 Å². The van der Waals surface area contributed by atoms with Crippen LogP contribution in [0.2, 0.25) is 0 Å². The van der Waals surface area contributed by atoms with Crippen LogP contribution in [0.15, 0.2) is 12.4 Å². The molecule has 14 heavy (non-hydrogen) atoms. The molecule has 0 saturated carbocycles. The highest BCUT2D eigenvalue weighted by Crippen LogP contribution is 2.15. The zero-order valence-corrected chi connectivity index (χ0v) is 9.07. The first-order valence-electron chi connectivity index (χ1n) is 4.52. The lowest BCUT2D eigenvalue weighted by atomic mass is 10.0. The summed E-state index contributed by atoms with van der Waals surface area (Å²) in [5, 5.41) is 0. The van der Waals surface area contributed by atoms with Crippen LogP contribution in [0.3, 0.4) is 0 Å². The van der Waals surface area contributed by atoms with Crippen LogP contribution < -0.4 is 0 Å². The summed E-state index contributed by atoms with van der Waals surface area (Å²) >= 11 is 0. The molecular formula is C10H16N2O2. The molecule has 4 heteroatoms. The SMILES string of the molecule is COC(C)(C)CC(=O)c1nccn1C. The second-order valence-electron chi connectivity index (χ2n) is 3.93. The molecule has 0 aromatic carbocycles. The average molecular weight is 196 g/mol. The highest BCUT2D eigenvalue weighted by Gasteiger charge is 2.23. The molecule has 0 spiro atoms. The van der Waals surface area contributed by atoms with Gasteiger partial charge in [-0.05, 0) is 13.8 Å². The normalized spacial score (nSPS) is 11.7. The number of aromatic nitrogens is 2. The maximum absolute atomic E-state index is 11.7. The van der Waals surface area contributed by atoms with Gasteiger partial charge in [0.1, 0.15) is 0 Å². The number of ketones is 1. The predicted molar refractivity (Wildman–Crippen MR) is 53.2 cm³/mol. The van der Waals surface area contributed by atoms with E-state index < -0.39 is 5.60 Å². The molecule has 0 fully saturated rings. The molecule has 0 N–H and O–H groups in total. The van der Waals surface area contributed by atoms with Crippen molar-refractivity contribution in [2.24, 2.45) is 7.05 Å². The number of nitrogens with zero attached hydrogens (tertiary/aromatic N) is 2. The van der Waals surface area contributed by atoms with Crippen LogP contribution in [-0.2, 0) is 11.8 Å². The van der Waals surface area contributed by atoms with Gasteiger partial charge in [-0.25, -0.2) is 4.98 Å². The van der Waals surface area contributed by atoms with Crippen LogP contribution in [0.5, 0.6) is 0 Å². The Hall–Kier alpha value is -1.16. The van der Waals surface area contributed by atoms with Crippen molar-refractivity contribution in [3.8, 4) is 0 Å². The maximum Gasteiger partial charge on any atom is 0.201 e. The van der Waals surface area contributed by atoms with Crippen LogP contribution in [0, 0.1) is 0 Å². The van der Waals surface area contributed by atoms with Gasteiger partial charge >= 0.3 is 0 Å². The van der Waals surface area contributed by atoms with Crippen molar-refractivity contribution >= 4 is 5.78 Å². The number of methoxy groups -OCH3 is 1. The minimum atomic E-state index is -0.428. The third-order valence-electron chi connectivity index (χ3n) is 2.21. The number of imidazole rings is 1. The summed E-state index contributed by atoms with van der Waals surface area (Å²) in [4.78, 5) is 15.7. The van der Waals surface area contributed by atoms with Crippen LogP contribution in [-0.4, -0.2) is 28.0 Å². The molecule has 0 aliphatic carbocycles. The largest absolute Gasteiger partial charge is 0.378 e. The van der Waals surface area contributed by atoms with Crippen molar-refractivity contribution in [1.29, 1.82) is 0 Å². The van der Waals surface area contributed by atoms with E-state index in [1.165, 1.54) is 0 Å². The molecule has 78 valence electrons. The van der Waals surface area contributed by atoms with Gasteiger partial charge in [0.15, 0.2) is 5.82 Å². The van der Waals surface area contributed by atoms with E-state index in [0.717, 1.165) is 0 Å². The molecule has 0 radical (unpaired) electrons. The lowest BCUT2D eigenvalue weighted by Gasteiger charge is -2.21. The summed E-state index contributed by atoms with van der Waals surface area (Å²) in [6.45, 7) is 3.77.